The van der Waals surface area contributed by atoms with Gasteiger partial charge in [0.15, 0.2) is 0 Å². The molecule has 0 aliphatic carbocycles. The number of hydrogen-bond donors (Lipinski definition) is 2. The predicted octanol–water partition coefficient (Wildman–Crippen LogP) is 2.53. The second-order valence-corrected chi connectivity index (χ2v) is 5.58. The summed E-state index contributed by atoms with van der Waals surface area (Å²) in [6.07, 6.45) is 0.286. The van der Waals surface area contributed by atoms with Crippen LogP contribution in [0.2, 0.25) is 0 Å². The fourth-order valence-electron chi connectivity index (χ4n) is 2.34. The average Bonchev–Trinajstić information content (AvgIpc) is 2.56. The molecular formula is C19H22N2O2. The predicted molar refractivity (Wildman–Crippen MR) is 90.9 cm³/mol. The zero-order chi connectivity index (χ0) is 16.7. The van der Waals surface area contributed by atoms with Crippen LogP contribution in [0.1, 0.15) is 29.7 Å². The van der Waals surface area contributed by atoms with Crippen molar-refractivity contribution < 1.29 is 9.59 Å². The first-order valence-electron chi connectivity index (χ1n) is 7.72. The van der Waals surface area contributed by atoms with E-state index in [4.69, 9.17) is 0 Å². The number of rotatable bonds is 6. The number of nitrogens with one attached hydrogen (secondary N) is 2. The third kappa shape index (κ3) is 5.25. The van der Waals surface area contributed by atoms with Crippen LogP contribution in [0.5, 0.6) is 0 Å². The van der Waals surface area contributed by atoms with Crippen molar-refractivity contribution >= 4 is 11.8 Å². The lowest BCUT2D eigenvalue weighted by molar-refractivity contribution is -0.126. The molecule has 0 fully saturated rings. The Morgan fingerprint density at radius 3 is 2.30 bits per heavy atom. The van der Waals surface area contributed by atoms with Gasteiger partial charge in [0.25, 0.3) is 0 Å². The van der Waals surface area contributed by atoms with Crippen LogP contribution in [0.4, 0.5) is 0 Å². The number of hydrogen-bond acceptors (Lipinski definition) is 2. The van der Waals surface area contributed by atoms with Gasteiger partial charge in [-0.1, -0.05) is 54.6 Å². The third-order valence-electron chi connectivity index (χ3n) is 3.74. The lowest BCUT2D eigenvalue weighted by Gasteiger charge is -2.14. The van der Waals surface area contributed by atoms with Crippen molar-refractivity contribution in [3.8, 4) is 0 Å². The Hall–Kier alpha value is -2.62. The highest BCUT2D eigenvalue weighted by Gasteiger charge is 2.11. The second kappa shape index (κ2) is 8.13. The first-order chi connectivity index (χ1) is 11.1. The van der Waals surface area contributed by atoms with Crippen molar-refractivity contribution in [3.05, 3.63) is 71.3 Å². The average molecular weight is 310 g/mol. The van der Waals surface area contributed by atoms with E-state index in [9.17, 15) is 9.59 Å². The van der Waals surface area contributed by atoms with Crippen molar-refractivity contribution in [3.63, 3.8) is 0 Å². The Balaban J connectivity index is 1.78. The summed E-state index contributed by atoms with van der Waals surface area (Å²) in [5.74, 6) is -0.346. The Kier molecular flexibility index (Phi) is 5.92. The molecule has 0 spiro atoms. The van der Waals surface area contributed by atoms with Gasteiger partial charge in [-0.15, -0.1) is 0 Å². The minimum atomic E-state index is -0.195. The van der Waals surface area contributed by atoms with Gasteiger partial charge in [0, 0.05) is 0 Å². The Morgan fingerprint density at radius 1 is 0.957 bits per heavy atom. The molecule has 2 aromatic carbocycles. The molecule has 1 atom stereocenters. The molecule has 2 aromatic rings. The van der Waals surface area contributed by atoms with Gasteiger partial charge >= 0.3 is 0 Å². The maximum atomic E-state index is 11.9. The number of amides is 2. The Labute approximate surface area is 136 Å². The van der Waals surface area contributed by atoms with Crippen LogP contribution in [0.3, 0.4) is 0 Å². The lowest BCUT2D eigenvalue weighted by atomic mass is 10.1. The molecule has 1 unspecified atom stereocenters. The summed E-state index contributed by atoms with van der Waals surface area (Å²) < 4.78 is 0. The topological polar surface area (TPSA) is 58.2 Å². The fraction of sp³-hybridized carbons (Fsp3) is 0.263. The molecule has 0 bridgehead atoms. The van der Waals surface area contributed by atoms with Crippen molar-refractivity contribution in [2.24, 2.45) is 0 Å². The molecule has 0 saturated heterocycles. The van der Waals surface area contributed by atoms with Crippen LogP contribution < -0.4 is 10.6 Å². The Morgan fingerprint density at radius 2 is 1.61 bits per heavy atom. The van der Waals surface area contributed by atoms with Crippen LogP contribution in [0, 0.1) is 6.92 Å². The molecule has 2 rings (SSSR count). The van der Waals surface area contributed by atoms with E-state index in [0.29, 0.717) is 0 Å². The van der Waals surface area contributed by atoms with Crippen LogP contribution in [0.15, 0.2) is 54.6 Å². The van der Waals surface area contributed by atoms with Crippen LogP contribution >= 0.6 is 0 Å². The van der Waals surface area contributed by atoms with Crippen LogP contribution in [-0.4, -0.2) is 18.4 Å². The van der Waals surface area contributed by atoms with E-state index < -0.39 is 0 Å². The molecule has 0 saturated carbocycles. The summed E-state index contributed by atoms with van der Waals surface area (Å²) >= 11 is 0. The molecule has 2 amide bonds. The highest BCUT2D eigenvalue weighted by atomic mass is 16.2. The molecular weight excluding hydrogens is 288 g/mol. The summed E-state index contributed by atoms with van der Waals surface area (Å²) in [6, 6.07) is 17.4. The Bertz CT molecular complexity index is 668. The molecule has 0 aliphatic heterocycles. The van der Waals surface area contributed by atoms with Gasteiger partial charge in [-0.2, -0.15) is 0 Å². The first-order valence-corrected chi connectivity index (χ1v) is 7.72. The molecule has 2 N–H and O–H groups in total. The highest BCUT2D eigenvalue weighted by Crippen LogP contribution is 2.10. The van der Waals surface area contributed by atoms with E-state index in [1.807, 2.05) is 68.4 Å². The monoisotopic (exact) mass is 310 g/mol. The molecule has 23 heavy (non-hydrogen) atoms. The summed E-state index contributed by atoms with van der Waals surface area (Å²) in [4.78, 5) is 23.9. The van der Waals surface area contributed by atoms with E-state index in [1.54, 1.807) is 0 Å². The van der Waals surface area contributed by atoms with Crippen LogP contribution in [0.25, 0.3) is 0 Å². The van der Waals surface area contributed by atoms with Gasteiger partial charge in [-0.05, 0) is 30.5 Å². The normalized spacial score (nSPS) is 11.6. The molecule has 0 aliphatic rings. The largest absolute Gasteiger partial charge is 0.348 e. The minimum Gasteiger partial charge on any atom is -0.348 e. The maximum Gasteiger partial charge on any atom is 0.239 e. The SMILES string of the molecule is Cc1ccccc1CC(=O)NCC(=O)NC(C)c1ccccc1. The zero-order valence-electron chi connectivity index (χ0n) is 13.5. The zero-order valence-corrected chi connectivity index (χ0v) is 13.5. The van der Waals surface area contributed by atoms with Crippen molar-refractivity contribution in [1.82, 2.24) is 10.6 Å². The molecule has 120 valence electrons. The third-order valence-corrected chi connectivity index (χ3v) is 3.74. The smallest absolute Gasteiger partial charge is 0.239 e. The number of benzene rings is 2. The van der Waals surface area contributed by atoms with Gasteiger partial charge in [0.05, 0.1) is 19.0 Å². The number of carbonyl (C=O) groups is 2. The van der Waals surface area contributed by atoms with E-state index in [2.05, 4.69) is 10.6 Å². The van der Waals surface area contributed by atoms with Gasteiger partial charge < -0.3 is 10.6 Å². The van der Waals surface area contributed by atoms with E-state index in [1.165, 1.54) is 0 Å². The standard InChI is InChI=1S/C19H22N2O2/c1-14-8-6-7-11-17(14)12-18(22)20-13-19(23)21-15(2)16-9-4-3-5-10-16/h3-11,15H,12-13H2,1-2H3,(H,20,22)(H,21,23). The van der Waals surface area contributed by atoms with E-state index >= 15 is 0 Å². The van der Waals surface area contributed by atoms with Crippen molar-refractivity contribution in [1.29, 1.82) is 0 Å². The summed E-state index contributed by atoms with van der Waals surface area (Å²) in [5.41, 5.74) is 3.08. The van der Waals surface area contributed by atoms with Crippen molar-refractivity contribution in [2.75, 3.05) is 6.54 Å². The molecule has 0 radical (unpaired) electrons. The number of aryl methyl sites for hydroxylation is 1. The lowest BCUT2D eigenvalue weighted by Crippen LogP contribution is -2.38. The van der Waals surface area contributed by atoms with Gasteiger partial charge in [-0.3, -0.25) is 9.59 Å². The molecule has 0 aromatic heterocycles. The van der Waals surface area contributed by atoms with Gasteiger partial charge in [0.2, 0.25) is 11.8 Å². The summed E-state index contributed by atoms with van der Waals surface area (Å²) in [7, 11) is 0. The van der Waals surface area contributed by atoms with E-state index in [-0.39, 0.29) is 30.8 Å². The maximum absolute atomic E-state index is 11.9. The van der Waals surface area contributed by atoms with Crippen molar-refractivity contribution in [2.45, 2.75) is 26.3 Å². The molecule has 0 heterocycles. The first kappa shape index (κ1) is 16.7. The van der Waals surface area contributed by atoms with Gasteiger partial charge in [0.1, 0.15) is 0 Å². The summed E-state index contributed by atoms with van der Waals surface area (Å²) in [6.45, 7) is 3.88. The summed E-state index contributed by atoms with van der Waals surface area (Å²) in [5, 5.41) is 5.54. The number of carbonyl (C=O) groups excluding carboxylic acids is 2. The molecule has 4 nitrogen and oxygen atoms in total. The van der Waals surface area contributed by atoms with Gasteiger partial charge in [-0.25, -0.2) is 0 Å². The van der Waals surface area contributed by atoms with E-state index in [0.717, 1.165) is 16.7 Å². The fourth-order valence-corrected chi connectivity index (χ4v) is 2.34. The minimum absolute atomic E-state index is 0.0120. The second-order valence-electron chi connectivity index (χ2n) is 5.58. The quantitative estimate of drug-likeness (QED) is 0.861. The molecule has 4 heteroatoms. The highest BCUT2D eigenvalue weighted by molar-refractivity contribution is 5.86. The van der Waals surface area contributed by atoms with Crippen LogP contribution in [-0.2, 0) is 16.0 Å².